The number of esters is 1. The molecule has 0 bridgehead atoms. The van der Waals surface area contributed by atoms with E-state index in [9.17, 15) is 9.59 Å². The number of rotatable bonds is 5. The molecular weight excluding hydrogens is 610 g/mol. The third kappa shape index (κ3) is 4.71. The van der Waals surface area contributed by atoms with Crippen LogP contribution in [0.5, 0.6) is 0 Å². The second-order valence-electron chi connectivity index (χ2n) is 17.3. The van der Waals surface area contributed by atoms with Crippen molar-refractivity contribution >= 4 is 29.4 Å². The van der Waals surface area contributed by atoms with Gasteiger partial charge in [0.1, 0.15) is 6.10 Å². The molecule has 7 nitrogen and oxygen atoms in total. The summed E-state index contributed by atoms with van der Waals surface area (Å²) < 4.78 is 12.1. The Hall–Kier alpha value is -2.67. The van der Waals surface area contributed by atoms with Crippen LogP contribution in [-0.4, -0.2) is 33.6 Å². The lowest BCUT2D eigenvalue weighted by Crippen LogP contribution is -2.66. The monoisotopic (exact) mass is 661 g/mol. The second kappa shape index (κ2) is 10.9. The number of nitrogens with one attached hydrogen (secondary N) is 1. The summed E-state index contributed by atoms with van der Waals surface area (Å²) in [6.07, 6.45) is 8.87. The molecule has 5 aliphatic rings. The molecule has 0 unspecified atom stereocenters. The van der Waals surface area contributed by atoms with Crippen molar-refractivity contribution in [2.75, 3.05) is 5.32 Å². The normalized spacial score (nSPS) is 39.1. The Morgan fingerprint density at radius 3 is 2.34 bits per heavy atom. The molecule has 5 aliphatic carbocycles. The van der Waals surface area contributed by atoms with Gasteiger partial charge in [-0.05, 0) is 127 Å². The first kappa shape index (κ1) is 32.9. The number of carbonyl (C=O) groups is 2. The van der Waals surface area contributed by atoms with E-state index in [0.717, 1.165) is 62.5 Å². The van der Waals surface area contributed by atoms with E-state index in [1.807, 2.05) is 24.3 Å². The number of hydrogen-bond acceptors (Lipinski definition) is 7. The van der Waals surface area contributed by atoms with Crippen LogP contribution in [0.2, 0.25) is 5.02 Å². The zero-order valence-corrected chi connectivity index (χ0v) is 30.2. The van der Waals surface area contributed by atoms with Crippen molar-refractivity contribution < 1.29 is 18.7 Å². The molecule has 1 aromatic carbocycles. The molecule has 0 spiro atoms. The van der Waals surface area contributed by atoms with Gasteiger partial charge in [-0.15, -0.1) is 5.10 Å². The number of Topliss-reactive ketones (excluding diaryl/α,β-unsaturated/α-hetero) is 1. The molecule has 1 aromatic heterocycles. The van der Waals surface area contributed by atoms with Crippen LogP contribution in [0.15, 0.2) is 39.8 Å². The topological polar surface area (TPSA) is 94.3 Å². The molecule has 0 amide bonds. The van der Waals surface area contributed by atoms with Gasteiger partial charge in [0.05, 0.1) is 5.54 Å². The first-order valence-electron chi connectivity index (χ1n) is 17.9. The molecular formula is C39H52ClN3O4. The van der Waals surface area contributed by atoms with Crippen molar-refractivity contribution in [1.29, 1.82) is 0 Å². The van der Waals surface area contributed by atoms with E-state index in [2.05, 4.69) is 64.0 Å². The van der Waals surface area contributed by atoms with Gasteiger partial charge in [0.15, 0.2) is 5.78 Å². The maximum atomic E-state index is 14.0. The summed E-state index contributed by atoms with van der Waals surface area (Å²) in [5.74, 6) is 2.06. The molecule has 2 aromatic rings. The Balaban J connectivity index is 1.24. The maximum Gasteiger partial charge on any atom is 0.316 e. The number of hydrogen-bond donors (Lipinski definition) is 1. The van der Waals surface area contributed by atoms with E-state index in [-0.39, 0.29) is 45.4 Å². The zero-order valence-electron chi connectivity index (χ0n) is 29.5. The summed E-state index contributed by atoms with van der Waals surface area (Å²) >= 11 is 6.11. The van der Waals surface area contributed by atoms with Crippen LogP contribution in [0.25, 0.3) is 11.5 Å². The lowest BCUT2D eigenvalue weighted by molar-refractivity contribution is -0.231. The molecule has 8 heteroatoms. The Morgan fingerprint density at radius 2 is 1.66 bits per heavy atom. The number of carbonyl (C=O) groups excluding carboxylic acids is 2. The van der Waals surface area contributed by atoms with E-state index < -0.39 is 5.54 Å². The third-order valence-electron chi connectivity index (χ3n) is 14.5. The van der Waals surface area contributed by atoms with Gasteiger partial charge in [0.2, 0.25) is 5.89 Å². The number of halogens is 1. The van der Waals surface area contributed by atoms with Crippen molar-refractivity contribution in [2.24, 2.45) is 45.3 Å². The average molecular weight is 662 g/mol. The first-order chi connectivity index (χ1) is 22.1. The highest BCUT2D eigenvalue weighted by Gasteiger charge is 2.70. The highest BCUT2D eigenvalue weighted by Crippen LogP contribution is 2.76. The van der Waals surface area contributed by atoms with Crippen LogP contribution in [0.3, 0.4) is 0 Å². The maximum absolute atomic E-state index is 14.0. The molecule has 1 N–H and O–H groups in total. The van der Waals surface area contributed by atoms with E-state index in [1.54, 1.807) is 6.92 Å². The van der Waals surface area contributed by atoms with E-state index in [4.69, 9.17) is 20.8 Å². The highest BCUT2D eigenvalue weighted by molar-refractivity contribution is 6.30. The van der Waals surface area contributed by atoms with Crippen molar-refractivity contribution in [3.05, 3.63) is 40.4 Å². The second-order valence-corrected chi connectivity index (χ2v) is 17.7. The van der Waals surface area contributed by atoms with Gasteiger partial charge in [0, 0.05) is 29.3 Å². The van der Waals surface area contributed by atoms with Crippen LogP contribution < -0.4 is 5.32 Å². The van der Waals surface area contributed by atoms with Gasteiger partial charge in [-0.2, -0.15) is 0 Å². The summed E-state index contributed by atoms with van der Waals surface area (Å²) in [4.78, 5) is 26.0. The molecule has 0 saturated heterocycles. The van der Waals surface area contributed by atoms with Gasteiger partial charge < -0.3 is 14.5 Å². The lowest BCUT2D eigenvalue weighted by atomic mass is 9.33. The quantitative estimate of drug-likeness (QED) is 0.319. The summed E-state index contributed by atoms with van der Waals surface area (Å²) in [6, 6.07) is 7.76. The van der Waals surface area contributed by atoms with Gasteiger partial charge in [-0.25, -0.2) is 0 Å². The minimum Gasteiger partial charge on any atom is -0.462 e. The Morgan fingerprint density at radius 1 is 0.936 bits per heavy atom. The molecule has 47 heavy (non-hydrogen) atoms. The largest absolute Gasteiger partial charge is 0.462 e. The Labute approximate surface area is 285 Å². The first-order valence-corrected chi connectivity index (χ1v) is 18.3. The molecule has 7 rings (SSSR count). The standard InChI is InChI=1S/C39H52ClN3O4/c1-22(2)31-27(45)21-39(41-34-43-42-33(47-34)24-9-11-25(40)12-10-24)20-19-37(7)26(32(31)39)13-14-29-36(6)17-16-30(46-23(3)44)35(4,5)28(36)15-18-38(29,37)8/h9-12,22,26,28-30H,13-21H2,1-8H3,(H,41,43)/t26-,28+,29-,30+,36+,37-,38-,39-/m1/s1. The number of aromatic nitrogens is 2. The van der Waals surface area contributed by atoms with Crippen LogP contribution in [0.4, 0.5) is 6.01 Å². The van der Waals surface area contributed by atoms with Gasteiger partial charge in [-0.3, -0.25) is 9.59 Å². The smallest absolute Gasteiger partial charge is 0.316 e. The SMILES string of the molecule is CC(=O)O[C@H]1CC[C@]2(C)[C@H]3CC[C@@H]4C5=C(C(C)C)C(=O)C[C@]5(Nc5nnc(-c6ccc(Cl)cc6)o5)CC[C@@]4(C)[C@]3(C)CC[C@H]2C1(C)C. The van der Waals surface area contributed by atoms with E-state index in [0.29, 0.717) is 41.1 Å². The molecule has 0 radical (unpaired) electrons. The lowest BCUT2D eigenvalue weighted by Gasteiger charge is -2.72. The van der Waals surface area contributed by atoms with Crippen molar-refractivity contribution in [3.63, 3.8) is 0 Å². The van der Waals surface area contributed by atoms with Crippen LogP contribution in [0.1, 0.15) is 113 Å². The number of allylic oxidation sites excluding steroid dienone is 1. The predicted octanol–water partition coefficient (Wildman–Crippen LogP) is 9.47. The summed E-state index contributed by atoms with van der Waals surface area (Å²) in [5, 5.41) is 13.1. The fraction of sp³-hybridized carbons (Fsp3) is 0.692. The molecule has 4 fully saturated rings. The van der Waals surface area contributed by atoms with Crippen LogP contribution in [-0.2, 0) is 14.3 Å². The summed E-state index contributed by atoms with van der Waals surface area (Å²) in [6.45, 7) is 18.3. The number of nitrogens with zero attached hydrogens (tertiary/aromatic N) is 2. The third-order valence-corrected chi connectivity index (χ3v) is 14.8. The zero-order chi connectivity index (χ0) is 33.7. The fourth-order valence-electron chi connectivity index (χ4n) is 12.3. The van der Waals surface area contributed by atoms with E-state index >= 15 is 0 Å². The molecule has 8 atom stereocenters. The summed E-state index contributed by atoms with van der Waals surface area (Å²) in [5.41, 5.74) is 2.93. The number of anilines is 1. The molecule has 1 heterocycles. The Bertz CT molecular complexity index is 1630. The van der Waals surface area contributed by atoms with Crippen molar-refractivity contribution in [3.8, 4) is 11.5 Å². The number of ketones is 1. The Kier molecular flexibility index (Phi) is 7.63. The van der Waals surface area contributed by atoms with Gasteiger partial charge >= 0.3 is 12.0 Å². The van der Waals surface area contributed by atoms with Gasteiger partial charge in [0.25, 0.3) is 0 Å². The van der Waals surface area contributed by atoms with Gasteiger partial charge in [-0.1, -0.05) is 65.2 Å². The van der Waals surface area contributed by atoms with Crippen molar-refractivity contribution in [2.45, 2.75) is 125 Å². The molecule has 4 saturated carbocycles. The minimum absolute atomic E-state index is 0.0242. The minimum atomic E-state index is -0.515. The predicted molar refractivity (Wildman–Crippen MR) is 184 cm³/mol. The number of benzene rings is 1. The fourth-order valence-corrected chi connectivity index (χ4v) is 12.5. The average Bonchev–Trinajstić information content (AvgIpc) is 3.57. The van der Waals surface area contributed by atoms with Crippen molar-refractivity contribution in [1.82, 2.24) is 10.2 Å². The number of fused-ring (bicyclic) bond motifs is 7. The van der Waals surface area contributed by atoms with Crippen LogP contribution >= 0.6 is 11.6 Å². The highest BCUT2D eigenvalue weighted by atomic mass is 35.5. The summed E-state index contributed by atoms with van der Waals surface area (Å²) in [7, 11) is 0. The van der Waals surface area contributed by atoms with Crippen LogP contribution in [0, 0.1) is 45.3 Å². The van der Waals surface area contributed by atoms with E-state index in [1.165, 1.54) is 5.57 Å². The molecule has 0 aliphatic heterocycles. The number of ether oxygens (including phenoxy) is 1. The molecule has 254 valence electrons.